The molecular formula is C15H25NO. The molecule has 96 valence electrons. The Balaban J connectivity index is 2.53. The van der Waals surface area contributed by atoms with E-state index in [0.29, 0.717) is 0 Å². The van der Waals surface area contributed by atoms with Gasteiger partial charge in [-0.3, -0.25) is 0 Å². The monoisotopic (exact) mass is 235 g/mol. The van der Waals surface area contributed by atoms with Crippen LogP contribution < -0.4 is 0 Å². The second-order valence-corrected chi connectivity index (χ2v) is 4.43. The van der Waals surface area contributed by atoms with Gasteiger partial charge in [-0.2, -0.15) is 0 Å². The molecule has 1 aromatic carbocycles. The van der Waals surface area contributed by atoms with Crippen molar-refractivity contribution in [1.82, 2.24) is 4.90 Å². The van der Waals surface area contributed by atoms with Gasteiger partial charge in [0.15, 0.2) is 0 Å². The highest BCUT2D eigenvalue weighted by molar-refractivity contribution is 5.25. The predicted octanol–water partition coefficient (Wildman–Crippen LogP) is 3.01. The summed E-state index contributed by atoms with van der Waals surface area (Å²) >= 11 is 0. The lowest BCUT2D eigenvalue weighted by Crippen LogP contribution is -2.25. The van der Waals surface area contributed by atoms with Crippen LogP contribution in [0.3, 0.4) is 0 Å². The van der Waals surface area contributed by atoms with E-state index in [0.717, 1.165) is 38.0 Å². The Morgan fingerprint density at radius 2 is 1.88 bits per heavy atom. The lowest BCUT2D eigenvalue weighted by molar-refractivity contribution is 0.145. The number of rotatable bonds is 7. The standard InChI is InChI=1S/C15H25NO/c1-4-13-8-7-9-14(12-13)15(17)10-11-16(5-2)6-3/h7-9,12,15,17H,4-6,10-11H2,1-3H3. The lowest BCUT2D eigenvalue weighted by Gasteiger charge is -2.20. The maximum atomic E-state index is 10.2. The number of nitrogens with zero attached hydrogens (tertiary/aromatic N) is 1. The van der Waals surface area contributed by atoms with Gasteiger partial charge in [0.25, 0.3) is 0 Å². The Bertz CT molecular complexity index is 320. The van der Waals surface area contributed by atoms with Crippen LogP contribution in [0.1, 0.15) is 44.4 Å². The van der Waals surface area contributed by atoms with Crippen molar-refractivity contribution in [2.75, 3.05) is 19.6 Å². The predicted molar refractivity (Wildman–Crippen MR) is 73.2 cm³/mol. The van der Waals surface area contributed by atoms with Gasteiger partial charge in [0.1, 0.15) is 0 Å². The number of hydrogen-bond donors (Lipinski definition) is 1. The summed E-state index contributed by atoms with van der Waals surface area (Å²) in [5.74, 6) is 0. The van der Waals surface area contributed by atoms with Gasteiger partial charge in [0, 0.05) is 6.54 Å². The van der Waals surface area contributed by atoms with E-state index in [2.05, 4.69) is 37.8 Å². The minimum absolute atomic E-state index is 0.331. The topological polar surface area (TPSA) is 23.5 Å². The highest BCUT2D eigenvalue weighted by atomic mass is 16.3. The van der Waals surface area contributed by atoms with E-state index in [-0.39, 0.29) is 6.10 Å². The SMILES string of the molecule is CCc1cccc(C(O)CCN(CC)CC)c1. The van der Waals surface area contributed by atoms with E-state index in [4.69, 9.17) is 0 Å². The summed E-state index contributed by atoms with van der Waals surface area (Å²) in [6.45, 7) is 9.53. The second kappa shape index (κ2) is 7.46. The Labute approximate surface area is 105 Å². The van der Waals surface area contributed by atoms with Gasteiger partial charge in [-0.1, -0.05) is 45.0 Å². The molecule has 0 aliphatic heterocycles. The van der Waals surface area contributed by atoms with E-state index in [9.17, 15) is 5.11 Å². The van der Waals surface area contributed by atoms with Crippen LogP contribution in [0.4, 0.5) is 0 Å². The molecule has 2 nitrogen and oxygen atoms in total. The Morgan fingerprint density at radius 3 is 2.47 bits per heavy atom. The van der Waals surface area contributed by atoms with Gasteiger partial charge in [0.2, 0.25) is 0 Å². The van der Waals surface area contributed by atoms with Crippen molar-refractivity contribution >= 4 is 0 Å². The third-order valence-corrected chi connectivity index (χ3v) is 3.36. The summed E-state index contributed by atoms with van der Waals surface area (Å²) < 4.78 is 0. The van der Waals surface area contributed by atoms with Crippen molar-refractivity contribution in [2.24, 2.45) is 0 Å². The summed E-state index contributed by atoms with van der Waals surface area (Å²) in [6, 6.07) is 8.29. The van der Waals surface area contributed by atoms with Gasteiger partial charge < -0.3 is 10.0 Å². The van der Waals surface area contributed by atoms with Crippen LogP contribution in [0.5, 0.6) is 0 Å². The first-order valence-corrected chi connectivity index (χ1v) is 6.70. The van der Waals surface area contributed by atoms with Crippen molar-refractivity contribution in [2.45, 2.75) is 39.7 Å². The molecular weight excluding hydrogens is 210 g/mol. The van der Waals surface area contributed by atoms with Crippen molar-refractivity contribution in [3.63, 3.8) is 0 Å². The van der Waals surface area contributed by atoms with Crippen LogP contribution in [0.15, 0.2) is 24.3 Å². The van der Waals surface area contributed by atoms with Gasteiger partial charge in [0.05, 0.1) is 6.10 Å². The Morgan fingerprint density at radius 1 is 1.18 bits per heavy atom. The maximum absolute atomic E-state index is 10.2. The molecule has 1 atom stereocenters. The molecule has 0 bridgehead atoms. The summed E-state index contributed by atoms with van der Waals surface area (Å²) in [4.78, 5) is 2.34. The fourth-order valence-corrected chi connectivity index (χ4v) is 2.03. The number of aryl methyl sites for hydroxylation is 1. The summed E-state index contributed by atoms with van der Waals surface area (Å²) in [7, 11) is 0. The minimum atomic E-state index is -0.331. The zero-order valence-electron chi connectivity index (χ0n) is 11.3. The molecule has 0 amide bonds. The van der Waals surface area contributed by atoms with E-state index in [1.165, 1.54) is 5.56 Å². The quantitative estimate of drug-likeness (QED) is 0.785. The van der Waals surface area contributed by atoms with Crippen LogP contribution in [-0.2, 0) is 6.42 Å². The third kappa shape index (κ3) is 4.49. The molecule has 0 aliphatic rings. The first kappa shape index (κ1) is 14.2. The number of benzene rings is 1. The first-order chi connectivity index (χ1) is 8.21. The second-order valence-electron chi connectivity index (χ2n) is 4.43. The largest absolute Gasteiger partial charge is 0.388 e. The molecule has 0 aromatic heterocycles. The average molecular weight is 235 g/mol. The van der Waals surface area contributed by atoms with Crippen LogP contribution >= 0.6 is 0 Å². The van der Waals surface area contributed by atoms with E-state index in [1.54, 1.807) is 0 Å². The molecule has 0 spiro atoms. The molecule has 0 saturated carbocycles. The summed E-state index contributed by atoms with van der Waals surface area (Å²) in [5, 5.41) is 10.2. The first-order valence-electron chi connectivity index (χ1n) is 6.70. The van der Waals surface area contributed by atoms with E-state index < -0.39 is 0 Å². The Kier molecular flexibility index (Phi) is 6.23. The van der Waals surface area contributed by atoms with Gasteiger partial charge >= 0.3 is 0 Å². The van der Waals surface area contributed by atoms with Gasteiger partial charge in [-0.05, 0) is 37.1 Å². The van der Waals surface area contributed by atoms with Gasteiger partial charge in [-0.15, -0.1) is 0 Å². The highest BCUT2D eigenvalue weighted by Crippen LogP contribution is 2.18. The number of aliphatic hydroxyl groups is 1. The number of hydrogen-bond acceptors (Lipinski definition) is 2. The molecule has 17 heavy (non-hydrogen) atoms. The van der Waals surface area contributed by atoms with Crippen molar-refractivity contribution in [3.05, 3.63) is 35.4 Å². The van der Waals surface area contributed by atoms with Gasteiger partial charge in [-0.25, -0.2) is 0 Å². The van der Waals surface area contributed by atoms with Crippen molar-refractivity contribution < 1.29 is 5.11 Å². The molecule has 1 rings (SSSR count). The van der Waals surface area contributed by atoms with Crippen LogP contribution in [-0.4, -0.2) is 29.6 Å². The van der Waals surface area contributed by atoms with Crippen molar-refractivity contribution in [3.8, 4) is 0 Å². The smallest absolute Gasteiger partial charge is 0.0802 e. The lowest BCUT2D eigenvalue weighted by atomic mass is 10.0. The zero-order valence-corrected chi connectivity index (χ0v) is 11.3. The van der Waals surface area contributed by atoms with Crippen LogP contribution in [0, 0.1) is 0 Å². The van der Waals surface area contributed by atoms with Crippen LogP contribution in [0.2, 0.25) is 0 Å². The van der Waals surface area contributed by atoms with Crippen LogP contribution in [0.25, 0.3) is 0 Å². The molecule has 0 heterocycles. The Hall–Kier alpha value is -0.860. The molecule has 0 aliphatic carbocycles. The van der Waals surface area contributed by atoms with E-state index in [1.807, 2.05) is 12.1 Å². The molecule has 0 radical (unpaired) electrons. The molecule has 1 unspecified atom stereocenters. The zero-order chi connectivity index (χ0) is 12.7. The summed E-state index contributed by atoms with van der Waals surface area (Å²) in [6.07, 6.45) is 1.51. The molecule has 0 saturated heterocycles. The molecule has 0 fully saturated rings. The maximum Gasteiger partial charge on any atom is 0.0802 e. The van der Waals surface area contributed by atoms with Crippen molar-refractivity contribution in [1.29, 1.82) is 0 Å². The van der Waals surface area contributed by atoms with E-state index >= 15 is 0 Å². The normalized spacial score (nSPS) is 13.0. The summed E-state index contributed by atoms with van der Waals surface area (Å²) in [5.41, 5.74) is 2.35. The molecule has 1 aromatic rings. The molecule has 1 N–H and O–H groups in total. The average Bonchev–Trinajstić information content (AvgIpc) is 2.39. The molecule has 2 heteroatoms. The number of aliphatic hydroxyl groups excluding tert-OH is 1. The fraction of sp³-hybridized carbons (Fsp3) is 0.600. The third-order valence-electron chi connectivity index (χ3n) is 3.36. The minimum Gasteiger partial charge on any atom is -0.388 e. The fourth-order valence-electron chi connectivity index (χ4n) is 2.03. The highest BCUT2D eigenvalue weighted by Gasteiger charge is 2.09.